The van der Waals surface area contributed by atoms with Crippen molar-refractivity contribution < 1.29 is 14.8 Å². The van der Waals surface area contributed by atoms with Crippen LogP contribution in [0.3, 0.4) is 0 Å². The minimum absolute atomic E-state index is 0.000727. The average Bonchev–Trinajstić information content (AvgIpc) is 2.64. The summed E-state index contributed by atoms with van der Waals surface area (Å²) in [4.78, 5) is 10.3. The first kappa shape index (κ1) is 14.7. The second-order valence-electron chi connectivity index (χ2n) is 5.11. The molecule has 2 unspecified atom stereocenters. The zero-order chi connectivity index (χ0) is 14.5. The van der Waals surface area contributed by atoms with Crippen molar-refractivity contribution >= 4 is 5.69 Å². The molecule has 1 saturated carbocycles. The van der Waals surface area contributed by atoms with Crippen molar-refractivity contribution in [3.8, 4) is 5.75 Å². The lowest BCUT2D eigenvalue weighted by Crippen LogP contribution is -2.30. The number of ether oxygens (including phenoxy) is 1. The molecule has 1 aliphatic carbocycles. The fourth-order valence-corrected chi connectivity index (χ4v) is 2.51. The van der Waals surface area contributed by atoms with Crippen molar-refractivity contribution in [2.24, 2.45) is 5.73 Å². The highest BCUT2D eigenvalue weighted by Crippen LogP contribution is 2.28. The van der Waals surface area contributed by atoms with Gasteiger partial charge in [-0.1, -0.05) is 12.8 Å². The van der Waals surface area contributed by atoms with E-state index in [1.165, 1.54) is 12.1 Å². The van der Waals surface area contributed by atoms with E-state index in [0.717, 1.165) is 32.1 Å². The first-order valence-electron chi connectivity index (χ1n) is 6.94. The van der Waals surface area contributed by atoms with E-state index in [-0.39, 0.29) is 18.3 Å². The standard InChI is InChI=1S/C14H20N2O4/c15-9-10-8-11(16(18)19)6-7-13(10)20-14-5-3-1-2-4-12(14)17/h6-8,12,14,17H,1-5,9,15H2. The number of nitrogens with two attached hydrogens (primary N) is 1. The van der Waals surface area contributed by atoms with Crippen molar-refractivity contribution in [1.29, 1.82) is 0 Å². The molecule has 0 spiro atoms. The van der Waals surface area contributed by atoms with Crippen molar-refractivity contribution in [2.75, 3.05) is 0 Å². The Bertz CT molecular complexity index is 478. The lowest BCUT2D eigenvalue weighted by molar-refractivity contribution is -0.384. The molecule has 2 rings (SSSR count). The van der Waals surface area contributed by atoms with Gasteiger partial charge < -0.3 is 15.6 Å². The zero-order valence-corrected chi connectivity index (χ0v) is 11.3. The van der Waals surface area contributed by atoms with Crippen molar-refractivity contribution in [1.82, 2.24) is 0 Å². The molecule has 6 nitrogen and oxygen atoms in total. The molecular formula is C14H20N2O4. The van der Waals surface area contributed by atoms with Crippen LogP contribution in [0.25, 0.3) is 0 Å². The number of non-ortho nitro benzene ring substituents is 1. The number of nitro groups is 1. The van der Waals surface area contributed by atoms with Gasteiger partial charge >= 0.3 is 0 Å². The van der Waals surface area contributed by atoms with Gasteiger partial charge in [-0.05, 0) is 25.3 Å². The highest BCUT2D eigenvalue weighted by atomic mass is 16.6. The molecule has 0 amide bonds. The van der Waals surface area contributed by atoms with Crippen LogP contribution in [0.5, 0.6) is 5.75 Å². The molecule has 20 heavy (non-hydrogen) atoms. The summed E-state index contributed by atoms with van der Waals surface area (Å²) in [6, 6.07) is 4.40. The van der Waals surface area contributed by atoms with Crippen LogP contribution in [0.4, 0.5) is 5.69 Å². The van der Waals surface area contributed by atoms with Crippen LogP contribution in [-0.2, 0) is 6.54 Å². The Labute approximate surface area is 117 Å². The van der Waals surface area contributed by atoms with Gasteiger partial charge in [0.25, 0.3) is 5.69 Å². The van der Waals surface area contributed by atoms with E-state index in [4.69, 9.17) is 10.5 Å². The molecule has 0 heterocycles. The Hall–Kier alpha value is -1.66. The second-order valence-corrected chi connectivity index (χ2v) is 5.11. The Balaban J connectivity index is 2.17. The number of nitrogens with zero attached hydrogens (tertiary/aromatic N) is 1. The first-order valence-corrected chi connectivity index (χ1v) is 6.94. The summed E-state index contributed by atoms with van der Waals surface area (Å²) < 4.78 is 5.85. The molecule has 3 N–H and O–H groups in total. The maximum absolute atomic E-state index is 10.8. The molecule has 0 bridgehead atoms. The predicted molar refractivity (Wildman–Crippen MR) is 74.5 cm³/mol. The highest BCUT2D eigenvalue weighted by Gasteiger charge is 2.24. The molecule has 0 aliphatic heterocycles. The molecule has 2 atom stereocenters. The number of aliphatic hydroxyl groups is 1. The topological polar surface area (TPSA) is 98.6 Å². The number of nitro benzene ring substituents is 1. The largest absolute Gasteiger partial charge is 0.487 e. The summed E-state index contributed by atoms with van der Waals surface area (Å²) in [6.45, 7) is 0.166. The Kier molecular flexibility index (Phi) is 4.92. The molecule has 0 aromatic heterocycles. The fraction of sp³-hybridized carbons (Fsp3) is 0.571. The normalized spacial score (nSPS) is 23.1. The summed E-state index contributed by atoms with van der Waals surface area (Å²) in [7, 11) is 0. The molecule has 6 heteroatoms. The van der Waals surface area contributed by atoms with Gasteiger partial charge in [-0.15, -0.1) is 0 Å². The molecule has 0 saturated heterocycles. The van der Waals surface area contributed by atoms with E-state index in [2.05, 4.69) is 0 Å². The van der Waals surface area contributed by atoms with Gasteiger partial charge in [-0.2, -0.15) is 0 Å². The van der Waals surface area contributed by atoms with Crippen LogP contribution in [0.2, 0.25) is 0 Å². The van der Waals surface area contributed by atoms with E-state index >= 15 is 0 Å². The third-order valence-electron chi connectivity index (χ3n) is 3.67. The minimum atomic E-state index is -0.488. The van der Waals surface area contributed by atoms with E-state index in [1.807, 2.05) is 0 Å². The summed E-state index contributed by atoms with van der Waals surface area (Å²) in [5.74, 6) is 0.532. The van der Waals surface area contributed by atoms with Crippen molar-refractivity contribution in [3.05, 3.63) is 33.9 Å². The summed E-state index contributed by atoms with van der Waals surface area (Å²) in [5, 5.41) is 20.8. The van der Waals surface area contributed by atoms with E-state index in [1.54, 1.807) is 6.07 Å². The van der Waals surface area contributed by atoms with Crippen LogP contribution in [-0.4, -0.2) is 22.2 Å². The lowest BCUT2D eigenvalue weighted by Gasteiger charge is -2.23. The van der Waals surface area contributed by atoms with Crippen molar-refractivity contribution in [3.63, 3.8) is 0 Å². The monoisotopic (exact) mass is 280 g/mol. The second kappa shape index (κ2) is 6.67. The summed E-state index contributed by atoms with van der Waals surface area (Å²) in [6.07, 6.45) is 3.90. The molecule has 1 aromatic rings. The summed E-state index contributed by atoms with van der Waals surface area (Å²) in [5.41, 5.74) is 6.22. The molecule has 0 radical (unpaired) electrons. The Morgan fingerprint density at radius 1 is 1.35 bits per heavy atom. The smallest absolute Gasteiger partial charge is 0.270 e. The quantitative estimate of drug-likeness (QED) is 0.500. The Morgan fingerprint density at radius 2 is 2.10 bits per heavy atom. The molecule has 1 fully saturated rings. The van der Waals surface area contributed by atoms with Gasteiger partial charge in [0, 0.05) is 24.2 Å². The van der Waals surface area contributed by atoms with Gasteiger partial charge in [-0.25, -0.2) is 0 Å². The molecule has 110 valence electrons. The number of benzene rings is 1. The third kappa shape index (κ3) is 3.46. The fourth-order valence-electron chi connectivity index (χ4n) is 2.51. The predicted octanol–water partition coefficient (Wildman–Crippen LogP) is 2.13. The van der Waals surface area contributed by atoms with E-state index in [0.29, 0.717) is 11.3 Å². The Morgan fingerprint density at radius 3 is 2.80 bits per heavy atom. The number of hydrogen-bond donors (Lipinski definition) is 2. The van der Waals surface area contributed by atoms with Crippen LogP contribution in [0.15, 0.2) is 18.2 Å². The van der Waals surface area contributed by atoms with Crippen LogP contribution in [0.1, 0.15) is 37.7 Å². The minimum Gasteiger partial charge on any atom is -0.487 e. The maximum atomic E-state index is 10.8. The van der Waals surface area contributed by atoms with Crippen molar-refractivity contribution in [2.45, 2.75) is 50.9 Å². The zero-order valence-electron chi connectivity index (χ0n) is 11.3. The van der Waals surface area contributed by atoms with Gasteiger partial charge in [-0.3, -0.25) is 10.1 Å². The number of hydrogen-bond acceptors (Lipinski definition) is 5. The van der Waals surface area contributed by atoms with Crippen LogP contribution < -0.4 is 10.5 Å². The molecule has 1 aromatic carbocycles. The average molecular weight is 280 g/mol. The lowest BCUT2D eigenvalue weighted by atomic mass is 10.1. The summed E-state index contributed by atoms with van der Waals surface area (Å²) >= 11 is 0. The molecular weight excluding hydrogens is 260 g/mol. The number of rotatable bonds is 4. The van der Waals surface area contributed by atoms with Gasteiger partial charge in [0.2, 0.25) is 0 Å². The van der Waals surface area contributed by atoms with Crippen LogP contribution in [0, 0.1) is 10.1 Å². The van der Waals surface area contributed by atoms with E-state index in [9.17, 15) is 15.2 Å². The van der Waals surface area contributed by atoms with Crippen LogP contribution >= 0.6 is 0 Å². The van der Waals surface area contributed by atoms with Gasteiger partial charge in [0.15, 0.2) is 0 Å². The van der Waals surface area contributed by atoms with Gasteiger partial charge in [0.05, 0.1) is 11.0 Å². The first-order chi connectivity index (χ1) is 9.61. The van der Waals surface area contributed by atoms with E-state index < -0.39 is 11.0 Å². The third-order valence-corrected chi connectivity index (χ3v) is 3.67. The number of aliphatic hydroxyl groups excluding tert-OH is 1. The SMILES string of the molecule is NCc1cc([N+](=O)[O-])ccc1OC1CCCCCC1O. The highest BCUT2D eigenvalue weighted by molar-refractivity contribution is 5.43. The van der Waals surface area contributed by atoms with Gasteiger partial charge in [0.1, 0.15) is 11.9 Å². The maximum Gasteiger partial charge on any atom is 0.270 e. The molecule has 1 aliphatic rings.